The molecule has 138 valence electrons. The number of aliphatic hydroxyl groups excluding tert-OH is 2. The van der Waals surface area contributed by atoms with Crippen LogP contribution in [0, 0.1) is 0 Å². The first-order valence-corrected chi connectivity index (χ1v) is 10.1. The van der Waals surface area contributed by atoms with E-state index < -0.39 is 12.2 Å². The topological polar surface area (TPSA) is 57.5 Å². The van der Waals surface area contributed by atoms with Crippen molar-refractivity contribution in [3.8, 4) is 0 Å². The molecular weight excluding hydrogens is 312 g/mol. The standard InChI is InChI=1S/C19H37ClO3/c1-2-3-4-5-6-7-8-9-10-11-12-13-14-15-17(21)19(23)18(22)16-20/h18-19,22-23H,2-16H2,1H3. The molecule has 0 rings (SSSR count). The Bertz CT molecular complexity index is 271. The van der Waals surface area contributed by atoms with Gasteiger partial charge in [0.25, 0.3) is 0 Å². The summed E-state index contributed by atoms with van der Waals surface area (Å²) < 4.78 is 0. The van der Waals surface area contributed by atoms with Crippen molar-refractivity contribution in [1.29, 1.82) is 0 Å². The van der Waals surface area contributed by atoms with E-state index in [2.05, 4.69) is 6.92 Å². The molecule has 4 heteroatoms. The molecule has 23 heavy (non-hydrogen) atoms. The van der Waals surface area contributed by atoms with Crippen molar-refractivity contribution in [2.24, 2.45) is 0 Å². The zero-order chi connectivity index (χ0) is 17.3. The van der Waals surface area contributed by atoms with Crippen LogP contribution in [0.25, 0.3) is 0 Å². The lowest BCUT2D eigenvalue weighted by atomic mass is 10.0. The molecule has 0 fully saturated rings. The third-order valence-electron chi connectivity index (χ3n) is 4.38. The fourth-order valence-electron chi connectivity index (χ4n) is 2.76. The van der Waals surface area contributed by atoms with Crippen molar-refractivity contribution in [3.05, 3.63) is 0 Å². The van der Waals surface area contributed by atoms with Gasteiger partial charge in [-0.1, -0.05) is 84.0 Å². The molecule has 0 amide bonds. The summed E-state index contributed by atoms with van der Waals surface area (Å²) in [5.41, 5.74) is 0. The van der Waals surface area contributed by atoms with Crippen LogP contribution in [0.1, 0.15) is 96.8 Å². The van der Waals surface area contributed by atoms with Gasteiger partial charge in [0.1, 0.15) is 12.2 Å². The Balaban J connectivity index is 3.26. The normalized spacial score (nSPS) is 13.9. The number of halogens is 1. The summed E-state index contributed by atoms with van der Waals surface area (Å²) in [6.45, 7) is 2.25. The first-order chi connectivity index (χ1) is 11.1. The number of alkyl halides is 1. The monoisotopic (exact) mass is 348 g/mol. The molecular formula is C19H37ClO3. The zero-order valence-electron chi connectivity index (χ0n) is 14.9. The molecule has 0 aromatic rings. The zero-order valence-corrected chi connectivity index (χ0v) is 15.7. The molecule has 0 bridgehead atoms. The minimum Gasteiger partial charge on any atom is -0.389 e. The van der Waals surface area contributed by atoms with Crippen molar-refractivity contribution < 1.29 is 15.0 Å². The van der Waals surface area contributed by atoms with E-state index in [-0.39, 0.29) is 11.7 Å². The molecule has 0 aromatic carbocycles. The highest BCUT2D eigenvalue weighted by Crippen LogP contribution is 2.13. The first kappa shape index (κ1) is 22.9. The van der Waals surface area contributed by atoms with Crippen LogP contribution in [0.5, 0.6) is 0 Å². The van der Waals surface area contributed by atoms with Crippen molar-refractivity contribution in [3.63, 3.8) is 0 Å². The predicted octanol–water partition coefficient (Wildman–Crippen LogP) is 5.00. The Morgan fingerprint density at radius 2 is 1.17 bits per heavy atom. The van der Waals surface area contributed by atoms with E-state index in [1.165, 1.54) is 64.2 Å². The molecule has 2 unspecified atom stereocenters. The second-order valence-electron chi connectivity index (χ2n) is 6.63. The van der Waals surface area contributed by atoms with E-state index in [0.717, 1.165) is 19.3 Å². The molecule has 0 aromatic heterocycles. The summed E-state index contributed by atoms with van der Waals surface area (Å²) in [4.78, 5) is 11.6. The fraction of sp³-hybridized carbons (Fsp3) is 0.947. The van der Waals surface area contributed by atoms with Crippen molar-refractivity contribution in [1.82, 2.24) is 0 Å². The average Bonchev–Trinajstić information content (AvgIpc) is 2.57. The molecule has 2 N–H and O–H groups in total. The lowest BCUT2D eigenvalue weighted by Crippen LogP contribution is -2.34. The first-order valence-electron chi connectivity index (χ1n) is 9.58. The predicted molar refractivity (Wildman–Crippen MR) is 98.1 cm³/mol. The van der Waals surface area contributed by atoms with Gasteiger partial charge >= 0.3 is 0 Å². The number of Topliss-reactive ketones (excluding diaryl/α,β-unsaturated/α-hetero) is 1. The number of aliphatic hydroxyl groups is 2. The van der Waals surface area contributed by atoms with Crippen LogP contribution in [0.3, 0.4) is 0 Å². The quantitative estimate of drug-likeness (QED) is 0.287. The molecule has 0 saturated heterocycles. The molecule has 0 aliphatic heterocycles. The summed E-state index contributed by atoms with van der Waals surface area (Å²) in [7, 11) is 0. The van der Waals surface area contributed by atoms with Crippen LogP contribution in [0.2, 0.25) is 0 Å². The number of carbonyl (C=O) groups is 1. The van der Waals surface area contributed by atoms with Gasteiger partial charge in [-0.25, -0.2) is 0 Å². The SMILES string of the molecule is CCCCCCCCCCCCCCCC(=O)C(O)C(O)CCl. The van der Waals surface area contributed by atoms with Gasteiger partial charge in [-0.05, 0) is 6.42 Å². The number of ketones is 1. The van der Waals surface area contributed by atoms with Crippen molar-refractivity contribution in [2.45, 2.75) is 109 Å². The maximum atomic E-state index is 11.6. The van der Waals surface area contributed by atoms with Gasteiger partial charge < -0.3 is 10.2 Å². The summed E-state index contributed by atoms with van der Waals surface area (Å²) >= 11 is 5.41. The molecule has 3 nitrogen and oxygen atoms in total. The Morgan fingerprint density at radius 3 is 1.57 bits per heavy atom. The number of hydrogen-bond donors (Lipinski definition) is 2. The highest BCUT2D eigenvalue weighted by molar-refractivity contribution is 6.18. The lowest BCUT2D eigenvalue weighted by molar-refractivity contribution is -0.132. The van der Waals surface area contributed by atoms with Crippen LogP contribution in [0.15, 0.2) is 0 Å². The van der Waals surface area contributed by atoms with E-state index >= 15 is 0 Å². The van der Waals surface area contributed by atoms with E-state index in [4.69, 9.17) is 11.6 Å². The van der Waals surface area contributed by atoms with Crippen LogP contribution in [-0.2, 0) is 4.79 Å². The smallest absolute Gasteiger partial charge is 0.163 e. The van der Waals surface area contributed by atoms with Crippen LogP contribution in [-0.4, -0.2) is 34.1 Å². The molecule has 0 aliphatic carbocycles. The minimum absolute atomic E-state index is 0.106. The maximum absolute atomic E-state index is 11.6. The van der Waals surface area contributed by atoms with Gasteiger partial charge in [-0.3, -0.25) is 4.79 Å². The summed E-state index contributed by atoms with van der Waals surface area (Å²) in [5, 5.41) is 18.8. The number of rotatable bonds is 17. The third kappa shape index (κ3) is 14.0. The highest BCUT2D eigenvalue weighted by atomic mass is 35.5. The van der Waals surface area contributed by atoms with E-state index in [0.29, 0.717) is 6.42 Å². The minimum atomic E-state index is -1.31. The van der Waals surface area contributed by atoms with E-state index in [9.17, 15) is 15.0 Å². The second kappa shape index (κ2) is 16.7. The largest absolute Gasteiger partial charge is 0.389 e. The van der Waals surface area contributed by atoms with Gasteiger partial charge in [-0.15, -0.1) is 11.6 Å². The average molecular weight is 349 g/mol. The molecule has 0 saturated carbocycles. The highest BCUT2D eigenvalue weighted by Gasteiger charge is 2.22. The van der Waals surface area contributed by atoms with E-state index in [1.807, 2.05) is 0 Å². The number of carbonyl (C=O) groups excluding carboxylic acids is 1. The van der Waals surface area contributed by atoms with Crippen molar-refractivity contribution >= 4 is 17.4 Å². The molecule has 0 heterocycles. The Kier molecular flexibility index (Phi) is 16.6. The van der Waals surface area contributed by atoms with E-state index in [1.54, 1.807) is 0 Å². The number of hydrogen-bond acceptors (Lipinski definition) is 3. The number of unbranched alkanes of at least 4 members (excludes halogenated alkanes) is 12. The van der Waals surface area contributed by atoms with Gasteiger partial charge in [-0.2, -0.15) is 0 Å². The Hall–Kier alpha value is -0.120. The van der Waals surface area contributed by atoms with Crippen molar-refractivity contribution in [2.75, 3.05) is 5.88 Å². The van der Waals surface area contributed by atoms with Gasteiger partial charge in [0.05, 0.1) is 5.88 Å². The fourth-order valence-corrected chi connectivity index (χ4v) is 2.93. The Labute approximate surface area is 147 Å². The summed E-state index contributed by atoms with van der Waals surface area (Å²) in [6.07, 6.45) is 14.3. The van der Waals surface area contributed by atoms with Crippen LogP contribution in [0.4, 0.5) is 0 Å². The van der Waals surface area contributed by atoms with Gasteiger partial charge in [0.15, 0.2) is 5.78 Å². The summed E-state index contributed by atoms with van der Waals surface area (Å²) in [5.74, 6) is -0.396. The van der Waals surface area contributed by atoms with Gasteiger partial charge in [0.2, 0.25) is 0 Å². The maximum Gasteiger partial charge on any atom is 0.163 e. The van der Waals surface area contributed by atoms with Gasteiger partial charge in [0, 0.05) is 6.42 Å². The third-order valence-corrected chi connectivity index (χ3v) is 4.70. The Morgan fingerprint density at radius 1 is 0.783 bits per heavy atom. The molecule has 0 aliphatic rings. The van der Waals surface area contributed by atoms with Crippen LogP contribution >= 0.6 is 11.6 Å². The summed E-state index contributed by atoms with van der Waals surface area (Å²) in [6, 6.07) is 0. The molecule has 0 radical (unpaired) electrons. The molecule has 2 atom stereocenters. The molecule has 0 spiro atoms. The second-order valence-corrected chi connectivity index (χ2v) is 6.93. The van der Waals surface area contributed by atoms with Crippen LogP contribution < -0.4 is 0 Å². The lowest BCUT2D eigenvalue weighted by Gasteiger charge is -2.13.